The van der Waals surface area contributed by atoms with Gasteiger partial charge in [0, 0.05) is 38.8 Å². The van der Waals surface area contributed by atoms with Crippen LogP contribution >= 0.6 is 24.8 Å². The average molecular weight is 286 g/mol. The van der Waals surface area contributed by atoms with Crippen molar-refractivity contribution in [1.82, 2.24) is 15.1 Å². The maximum Gasteiger partial charge on any atom is 0.0594 e. The van der Waals surface area contributed by atoms with Crippen LogP contribution < -0.4 is 5.32 Å². The largest absolute Gasteiger partial charge is 0.379 e. The standard InChI is InChI=1S/C11H23N3O.2ClH/c1-12-11-2-3-14(10-11)5-4-13-6-8-15-9-7-13;;/h11-12H,2-10H2,1H3;2*1H. The number of halogens is 2. The van der Waals surface area contributed by atoms with E-state index in [4.69, 9.17) is 4.74 Å². The van der Waals surface area contributed by atoms with Crippen LogP contribution in [0, 0.1) is 0 Å². The zero-order chi connectivity index (χ0) is 10.5. The zero-order valence-electron chi connectivity index (χ0n) is 10.6. The molecule has 0 bridgehead atoms. The smallest absolute Gasteiger partial charge is 0.0594 e. The Balaban J connectivity index is 0.00000128. The first kappa shape index (κ1) is 17.4. The first-order chi connectivity index (χ1) is 7.38. The molecule has 2 aliphatic rings. The summed E-state index contributed by atoms with van der Waals surface area (Å²) >= 11 is 0. The van der Waals surface area contributed by atoms with Gasteiger partial charge in [0.25, 0.3) is 0 Å². The van der Waals surface area contributed by atoms with Crippen LogP contribution in [0.15, 0.2) is 0 Å². The van der Waals surface area contributed by atoms with Gasteiger partial charge in [0.15, 0.2) is 0 Å². The highest BCUT2D eigenvalue weighted by Gasteiger charge is 2.21. The molecule has 4 nitrogen and oxygen atoms in total. The molecule has 17 heavy (non-hydrogen) atoms. The number of nitrogens with one attached hydrogen (secondary N) is 1. The van der Waals surface area contributed by atoms with Crippen molar-refractivity contribution in [2.45, 2.75) is 12.5 Å². The van der Waals surface area contributed by atoms with E-state index in [9.17, 15) is 0 Å². The summed E-state index contributed by atoms with van der Waals surface area (Å²) in [6.45, 7) is 8.97. The van der Waals surface area contributed by atoms with E-state index in [1.54, 1.807) is 0 Å². The number of hydrogen-bond acceptors (Lipinski definition) is 4. The molecule has 0 aromatic rings. The lowest BCUT2D eigenvalue weighted by Gasteiger charge is -2.28. The number of ether oxygens (including phenoxy) is 1. The van der Waals surface area contributed by atoms with Crippen molar-refractivity contribution in [2.24, 2.45) is 0 Å². The van der Waals surface area contributed by atoms with E-state index in [1.807, 2.05) is 0 Å². The van der Waals surface area contributed by atoms with Gasteiger partial charge in [0.2, 0.25) is 0 Å². The molecule has 6 heteroatoms. The van der Waals surface area contributed by atoms with Crippen molar-refractivity contribution in [1.29, 1.82) is 0 Å². The van der Waals surface area contributed by atoms with E-state index in [-0.39, 0.29) is 24.8 Å². The summed E-state index contributed by atoms with van der Waals surface area (Å²) in [5, 5.41) is 3.36. The summed E-state index contributed by atoms with van der Waals surface area (Å²) in [7, 11) is 2.07. The average Bonchev–Trinajstić information content (AvgIpc) is 2.76. The summed E-state index contributed by atoms with van der Waals surface area (Å²) in [5.41, 5.74) is 0. The van der Waals surface area contributed by atoms with E-state index in [2.05, 4.69) is 22.2 Å². The maximum absolute atomic E-state index is 5.34. The molecule has 104 valence electrons. The molecule has 2 saturated heterocycles. The van der Waals surface area contributed by atoms with E-state index >= 15 is 0 Å². The fourth-order valence-electron chi connectivity index (χ4n) is 2.38. The molecule has 0 amide bonds. The lowest BCUT2D eigenvalue weighted by Crippen LogP contribution is -2.41. The lowest BCUT2D eigenvalue weighted by atomic mass is 10.3. The van der Waals surface area contributed by atoms with E-state index < -0.39 is 0 Å². The van der Waals surface area contributed by atoms with Gasteiger partial charge in [0.1, 0.15) is 0 Å². The van der Waals surface area contributed by atoms with Gasteiger partial charge in [-0.25, -0.2) is 0 Å². The number of likely N-dealkylation sites (N-methyl/N-ethyl adjacent to an activating group) is 1. The topological polar surface area (TPSA) is 27.7 Å². The Labute approximate surface area is 117 Å². The van der Waals surface area contributed by atoms with Crippen LogP contribution in [-0.2, 0) is 4.74 Å². The van der Waals surface area contributed by atoms with Crippen molar-refractivity contribution in [2.75, 3.05) is 59.5 Å². The van der Waals surface area contributed by atoms with E-state index in [0.29, 0.717) is 0 Å². The first-order valence-corrected chi connectivity index (χ1v) is 6.08. The van der Waals surface area contributed by atoms with Crippen LogP contribution in [-0.4, -0.2) is 75.4 Å². The minimum Gasteiger partial charge on any atom is -0.379 e. The molecule has 0 spiro atoms. The van der Waals surface area contributed by atoms with Gasteiger partial charge in [-0.15, -0.1) is 24.8 Å². The summed E-state index contributed by atoms with van der Waals surface area (Å²) in [6.07, 6.45) is 1.31. The van der Waals surface area contributed by atoms with Gasteiger partial charge in [0.05, 0.1) is 13.2 Å². The Bertz CT molecular complexity index is 192. The van der Waals surface area contributed by atoms with Crippen molar-refractivity contribution >= 4 is 24.8 Å². The minimum absolute atomic E-state index is 0. The SMILES string of the molecule is CNC1CCN(CCN2CCOCC2)C1.Cl.Cl. The number of likely N-dealkylation sites (tertiary alicyclic amines) is 1. The van der Waals surface area contributed by atoms with Crippen LogP contribution in [0.3, 0.4) is 0 Å². The molecule has 1 atom stereocenters. The molecular formula is C11H25Cl2N3O. The Kier molecular flexibility index (Phi) is 9.59. The molecule has 1 unspecified atom stereocenters. The van der Waals surface area contributed by atoms with Crippen LogP contribution in [0.1, 0.15) is 6.42 Å². The van der Waals surface area contributed by atoms with Crippen LogP contribution in [0.5, 0.6) is 0 Å². The van der Waals surface area contributed by atoms with Gasteiger partial charge >= 0.3 is 0 Å². The number of morpholine rings is 1. The third kappa shape index (κ3) is 5.73. The molecule has 2 fully saturated rings. The Morgan fingerprint density at radius 2 is 1.71 bits per heavy atom. The Hall–Kier alpha value is 0.420. The lowest BCUT2D eigenvalue weighted by molar-refractivity contribution is 0.0343. The maximum atomic E-state index is 5.34. The van der Waals surface area contributed by atoms with Crippen LogP contribution in [0.4, 0.5) is 0 Å². The second-order valence-electron chi connectivity index (χ2n) is 4.53. The summed E-state index contributed by atoms with van der Waals surface area (Å²) in [6, 6.07) is 0.717. The second-order valence-corrected chi connectivity index (χ2v) is 4.53. The van der Waals surface area contributed by atoms with E-state index in [0.717, 1.165) is 32.3 Å². The fourth-order valence-corrected chi connectivity index (χ4v) is 2.38. The molecule has 2 heterocycles. The highest BCUT2D eigenvalue weighted by atomic mass is 35.5. The van der Waals surface area contributed by atoms with Crippen LogP contribution in [0.25, 0.3) is 0 Å². The van der Waals surface area contributed by atoms with Crippen molar-refractivity contribution in [3.63, 3.8) is 0 Å². The molecule has 0 aromatic heterocycles. The van der Waals surface area contributed by atoms with Gasteiger partial charge in [-0.05, 0) is 20.0 Å². The molecule has 2 rings (SSSR count). The Morgan fingerprint density at radius 1 is 1.06 bits per heavy atom. The van der Waals surface area contributed by atoms with Crippen molar-refractivity contribution < 1.29 is 4.74 Å². The van der Waals surface area contributed by atoms with Crippen molar-refractivity contribution in [3.8, 4) is 0 Å². The minimum atomic E-state index is 0. The quantitative estimate of drug-likeness (QED) is 0.812. The van der Waals surface area contributed by atoms with E-state index in [1.165, 1.54) is 32.6 Å². The third-order valence-electron chi connectivity index (χ3n) is 3.52. The third-order valence-corrected chi connectivity index (χ3v) is 3.52. The number of nitrogens with zero attached hydrogens (tertiary/aromatic N) is 2. The first-order valence-electron chi connectivity index (χ1n) is 6.08. The summed E-state index contributed by atoms with van der Waals surface area (Å²) < 4.78 is 5.34. The number of hydrogen-bond donors (Lipinski definition) is 1. The van der Waals surface area contributed by atoms with Gasteiger partial charge in [-0.2, -0.15) is 0 Å². The normalized spacial score (nSPS) is 26.3. The monoisotopic (exact) mass is 285 g/mol. The van der Waals surface area contributed by atoms with Gasteiger partial charge < -0.3 is 15.0 Å². The summed E-state index contributed by atoms with van der Waals surface area (Å²) in [5.74, 6) is 0. The number of rotatable bonds is 4. The van der Waals surface area contributed by atoms with Crippen molar-refractivity contribution in [3.05, 3.63) is 0 Å². The predicted molar refractivity (Wildman–Crippen MR) is 75.7 cm³/mol. The molecule has 2 aliphatic heterocycles. The van der Waals surface area contributed by atoms with Gasteiger partial charge in [-0.1, -0.05) is 0 Å². The highest BCUT2D eigenvalue weighted by Crippen LogP contribution is 2.08. The van der Waals surface area contributed by atoms with Gasteiger partial charge in [-0.3, -0.25) is 4.90 Å². The molecular weight excluding hydrogens is 261 g/mol. The highest BCUT2D eigenvalue weighted by molar-refractivity contribution is 5.85. The second kappa shape index (κ2) is 9.36. The van der Waals surface area contributed by atoms with Crippen LogP contribution in [0.2, 0.25) is 0 Å². The molecule has 0 saturated carbocycles. The Morgan fingerprint density at radius 3 is 2.29 bits per heavy atom. The molecule has 1 N–H and O–H groups in total. The molecule has 0 aliphatic carbocycles. The predicted octanol–water partition coefficient (Wildman–Crippen LogP) is 0.456. The fraction of sp³-hybridized carbons (Fsp3) is 1.00. The summed E-state index contributed by atoms with van der Waals surface area (Å²) in [4.78, 5) is 5.08. The molecule has 0 aromatic carbocycles. The molecule has 0 radical (unpaired) electrons. The zero-order valence-corrected chi connectivity index (χ0v) is 12.2.